The highest BCUT2D eigenvalue weighted by molar-refractivity contribution is 6.67. The lowest BCUT2D eigenvalue weighted by Gasteiger charge is -2.36. The number of ketones is 2. The van der Waals surface area contributed by atoms with E-state index in [0.29, 0.717) is 70.9 Å². The summed E-state index contributed by atoms with van der Waals surface area (Å²) in [5.41, 5.74) is 8.23. The van der Waals surface area contributed by atoms with Crippen molar-refractivity contribution in [2.24, 2.45) is 0 Å². The normalized spacial score (nSPS) is 18.7. The van der Waals surface area contributed by atoms with Crippen LogP contribution in [0.2, 0.25) is 6.82 Å². The van der Waals surface area contributed by atoms with Gasteiger partial charge in [-0.2, -0.15) is 0 Å². The molecule has 2 amide bonds. The highest BCUT2D eigenvalue weighted by atomic mass is 16.6. The van der Waals surface area contributed by atoms with Crippen molar-refractivity contribution >= 4 is 71.5 Å². The molecule has 4 aromatic rings. The van der Waals surface area contributed by atoms with Crippen LogP contribution in [0.5, 0.6) is 11.5 Å². The zero-order valence-corrected chi connectivity index (χ0v) is 47.2. The molecule has 79 heavy (non-hydrogen) atoms. The van der Waals surface area contributed by atoms with Crippen molar-refractivity contribution in [3.63, 3.8) is 0 Å². The SMILES string of the molecule is C.CB1OCc2ccc(OCCCN3CCN(c4ccc(N5CC(CCC(C)=O)OC5=O)cc4)CC3)cc21.CC.CC.CC(=O)CCC1CN(c2ccc(N3CCN(CCCOc4cccc5c4B(O)OC5)CC3)cc2)C(=O)O1. The second kappa shape index (κ2) is 31.0. The third-order valence-electron chi connectivity index (χ3n) is 14.8. The van der Waals surface area contributed by atoms with E-state index < -0.39 is 7.12 Å². The maximum Gasteiger partial charge on any atom is 0.495 e. The van der Waals surface area contributed by atoms with Gasteiger partial charge >= 0.3 is 26.2 Å². The third-order valence-corrected chi connectivity index (χ3v) is 14.8. The summed E-state index contributed by atoms with van der Waals surface area (Å²) in [6, 6.07) is 28.3. The number of carbonyl (C=O) groups is 4. The molecule has 4 fully saturated rings. The topological polar surface area (TPSA) is 163 Å². The highest BCUT2D eigenvalue weighted by Crippen LogP contribution is 2.29. The Morgan fingerprint density at radius 1 is 0.608 bits per heavy atom. The summed E-state index contributed by atoms with van der Waals surface area (Å²) in [5.74, 6) is 1.87. The zero-order chi connectivity index (χ0) is 55.6. The van der Waals surface area contributed by atoms with E-state index in [9.17, 15) is 24.2 Å². The van der Waals surface area contributed by atoms with Crippen molar-refractivity contribution in [2.75, 3.05) is 111 Å². The molecule has 2 unspecified atom stereocenters. The van der Waals surface area contributed by atoms with Crippen LogP contribution in [0.15, 0.2) is 84.9 Å². The lowest BCUT2D eigenvalue weighted by molar-refractivity contribution is -0.118. The summed E-state index contributed by atoms with van der Waals surface area (Å²) in [4.78, 5) is 60.0. The molecule has 0 aromatic heterocycles. The van der Waals surface area contributed by atoms with Gasteiger partial charge in [-0.3, -0.25) is 19.6 Å². The van der Waals surface area contributed by atoms with Crippen LogP contribution in [0.4, 0.5) is 32.3 Å². The molecule has 1 N–H and O–H groups in total. The van der Waals surface area contributed by atoms with Crippen LogP contribution in [-0.2, 0) is 41.6 Å². The smallest absolute Gasteiger partial charge is 0.494 e. The number of Topliss-reactive ketones (excluding diaryl/α,β-unsaturated/α-hetero) is 2. The van der Waals surface area contributed by atoms with Gasteiger partial charge in [0.1, 0.15) is 35.3 Å². The Balaban J connectivity index is 0.000000237. The van der Waals surface area contributed by atoms with E-state index in [1.807, 2.05) is 76.2 Å². The fourth-order valence-corrected chi connectivity index (χ4v) is 10.4. The summed E-state index contributed by atoms with van der Waals surface area (Å²) in [7, 11) is -0.896. The molecule has 0 bridgehead atoms. The van der Waals surface area contributed by atoms with Crippen LogP contribution in [-0.4, -0.2) is 157 Å². The van der Waals surface area contributed by atoms with Gasteiger partial charge in [-0.15, -0.1) is 0 Å². The highest BCUT2D eigenvalue weighted by Gasteiger charge is 2.35. The third kappa shape index (κ3) is 17.2. The van der Waals surface area contributed by atoms with E-state index in [2.05, 4.69) is 62.8 Å². The number of nitrogens with zero attached hydrogens (tertiary/aromatic N) is 6. The minimum Gasteiger partial charge on any atom is -0.494 e. The maximum absolute atomic E-state index is 12.3. The van der Waals surface area contributed by atoms with E-state index in [1.165, 1.54) is 16.7 Å². The predicted octanol–water partition coefficient (Wildman–Crippen LogP) is 8.21. The predicted molar refractivity (Wildman–Crippen MR) is 316 cm³/mol. The van der Waals surface area contributed by atoms with Gasteiger partial charge < -0.3 is 52.7 Å². The number of carbonyl (C=O) groups excluding carboxylic acids is 4. The largest absolute Gasteiger partial charge is 0.495 e. The van der Waals surface area contributed by atoms with E-state index >= 15 is 0 Å². The molecule has 6 heterocycles. The molecular weight excluding hydrogens is 1000 g/mol. The first-order valence-corrected chi connectivity index (χ1v) is 28.5. The van der Waals surface area contributed by atoms with Gasteiger partial charge in [0.2, 0.25) is 0 Å². The summed E-state index contributed by atoms with van der Waals surface area (Å²) in [6.07, 6.45) is 2.79. The summed E-state index contributed by atoms with van der Waals surface area (Å²) >= 11 is 0. The van der Waals surface area contributed by atoms with Gasteiger partial charge in [0.15, 0.2) is 0 Å². The van der Waals surface area contributed by atoms with Crippen LogP contribution in [0.25, 0.3) is 0 Å². The Labute approximate surface area is 470 Å². The molecule has 428 valence electrons. The molecule has 0 saturated carbocycles. The average molecular weight is 1090 g/mol. The standard InChI is InChI=1S/C28H36BN3O5.C27H34BN3O6.2C2H6.CH4/c1-21(33)4-10-26-19-32(28(34)37-26)24-8-6-23(7-9-24)31-15-13-30(14-16-31)12-3-17-35-25-11-5-22-20-36-29(2)27(22)18-25;1-20(32)6-11-24-18-31(27(33)37-24)23-9-7-22(8-10-23)30-15-13-29(14-16-30)12-3-17-35-25-5-2-4-21-19-36-28(34)26(21)25;2*1-2;/h5-9,11,18,26H,3-4,10,12-17,19-20H2,1-2H3;2,4-5,7-10,24,34H,3,6,11-19H2,1H3;2*1-2H3;1H4. The molecular formula is C60H86B2N6O11. The molecule has 6 aliphatic rings. The van der Waals surface area contributed by atoms with E-state index in [1.54, 1.807) is 23.6 Å². The Morgan fingerprint density at radius 3 is 1.57 bits per heavy atom. The number of cyclic esters (lactones) is 2. The maximum atomic E-state index is 12.3. The first-order valence-electron chi connectivity index (χ1n) is 28.5. The van der Waals surface area contributed by atoms with Gasteiger partial charge in [0.05, 0.1) is 39.5 Å². The minimum absolute atomic E-state index is 0. The Hall–Kier alpha value is -6.11. The molecule has 17 nitrogen and oxygen atoms in total. The summed E-state index contributed by atoms with van der Waals surface area (Å²) in [5, 5.41) is 10.0. The van der Waals surface area contributed by atoms with Gasteiger partial charge in [0, 0.05) is 107 Å². The lowest BCUT2D eigenvalue weighted by atomic mass is 9.64. The number of hydrogen-bond donors (Lipinski definition) is 1. The number of anilines is 4. The van der Waals surface area contributed by atoms with Crippen LogP contribution in [0.1, 0.15) is 98.6 Å². The van der Waals surface area contributed by atoms with Crippen molar-refractivity contribution < 1.29 is 52.5 Å². The van der Waals surface area contributed by atoms with Gasteiger partial charge in [0.25, 0.3) is 0 Å². The molecule has 0 spiro atoms. The minimum atomic E-state index is -0.896. The van der Waals surface area contributed by atoms with Crippen molar-refractivity contribution in [1.29, 1.82) is 0 Å². The number of hydrogen-bond acceptors (Lipinski definition) is 15. The molecule has 2 atom stereocenters. The Kier molecular flexibility index (Phi) is 24.4. The molecule has 4 saturated heterocycles. The van der Waals surface area contributed by atoms with Crippen molar-refractivity contribution in [2.45, 2.75) is 120 Å². The lowest BCUT2D eigenvalue weighted by Crippen LogP contribution is -2.46. The van der Waals surface area contributed by atoms with E-state index in [4.69, 9.17) is 28.3 Å². The monoisotopic (exact) mass is 1090 g/mol. The fraction of sp³-hybridized carbons (Fsp3) is 0.533. The second-order valence-electron chi connectivity index (χ2n) is 20.1. The molecule has 6 aliphatic heterocycles. The van der Waals surface area contributed by atoms with Crippen molar-refractivity contribution in [3.05, 3.63) is 96.1 Å². The number of amides is 2. The number of piperazine rings is 2. The molecule has 4 aromatic carbocycles. The number of benzene rings is 4. The van der Waals surface area contributed by atoms with Gasteiger partial charge in [-0.25, -0.2) is 9.59 Å². The van der Waals surface area contributed by atoms with Crippen LogP contribution in [0, 0.1) is 0 Å². The number of rotatable bonds is 20. The molecule has 10 rings (SSSR count). The van der Waals surface area contributed by atoms with Crippen LogP contribution in [0.3, 0.4) is 0 Å². The fourth-order valence-electron chi connectivity index (χ4n) is 10.4. The Morgan fingerprint density at radius 2 is 1.08 bits per heavy atom. The second-order valence-corrected chi connectivity index (χ2v) is 20.1. The summed E-state index contributed by atoms with van der Waals surface area (Å²) < 4.78 is 33.8. The number of fused-ring (bicyclic) bond motifs is 2. The molecule has 0 radical (unpaired) electrons. The quantitative estimate of drug-likeness (QED) is 0.0665. The first-order chi connectivity index (χ1) is 37.9. The van der Waals surface area contributed by atoms with E-state index in [0.717, 1.165) is 112 Å². The van der Waals surface area contributed by atoms with Crippen LogP contribution >= 0.6 is 0 Å². The number of ether oxygens (including phenoxy) is 4. The summed E-state index contributed by atoms with van der Waals surface area (Å²) in [6.45, 7) is 26.6. The Bertz CT molecular complexity index is 2560. The van der Waals surface area contributed by atoms with E-state index in [-0.39, 0.29) is 50.3 Å². The average Bonchev–Trinajstić information content (AvgIpc) is 4.26. The van der Waals surface area contributed by atoms with Crippen molar-refractivity contribution in [3.8, 4) is 11.5 Å². The zero-order valence-electron chi connectivity index (χ0n) is 47.2. The van der Waals surface area contributed by atoms with Gasteiger partial charge in [-0.05, 0) is 123 Å². The first kappa shape index (κ1) is 62.1. The molecule has 0 aliphatic carbocycles. The van der Waals surface area contributed by atoms with Gasteiger partial charge in [-0.1, -0.05) is 60.1 Å². The molecule has 19 heteroatoms. The van der Waals surface area contributed by atoms with Crippen molar-refractivity contribution in [1.82, 2.24) is 9.80 Å². The van der Waals surface area contributed by atoms with Crippen LogP contribution < -0.4 is 40.0 Å².